The second kappa shape index (κ2) is 8.09. The van der Waals surface area contributed by atoms with E-state index in [1.807, 2.05) is 30.3 Å². The van der Waals surface area contributed by atoms with E-state index in [4.69, 9.17) is 0 Å². The molecule has 1 aromatic heterocycles. The molecule has 2 aromatic rings. The summed E-state index contributed by atoms with van der Waals surface area (Å²) in [4.78, 5) is 35.9. The van der Waals surface area contributed by atoms with Crippen LogP contribution >= 0.6 is 11.3 Å². The molecule has 1 unspecified atom stereocenters. The van der Waals surface area contributed by atoms with Crippen molar-refractivity contribution in [3.05, 3.63) is 58.3 Å². The average molecular weight is 331 g/mol. The second-order valence-corrected chi connectivity index (χ2v) is 5.81. The number of nitrogens with one attached hydrogen (secondary N) is 3. The molecule has 0 spiro atoms. The van der Waals surface area contributed by atoms with Gasteiger partial charge >= 0.3 is 0 Å². The smallest absolute Gasteiger partial charge is 0.262 e. The maximum Gasteiger partial charge on any atom is 0.262 e. The molecule has 0 aliphatic carbocycles. The number of benzene rings is 1. The Bertz CT molecular complexity index is 671. The molecule has 0 saturated heterocycles. The Morgan fingerprint density at radius 1 is 1.04 bits per heavy atom. The first-order chi connectivity index (χ1) is 11.1. The molecule has 2 rings (SSSR count). The molecule has 1 atom stereocenters. The first-order valence-corrected chi connectivity index (χ1v) is 7.89. The lowest BCUT2D eigenvalue weighted by Crippen LogP contribution is -2.52. The maximum atomic E-state index is 12.2. The zero-order valence-electron chi connectivity index (χ0n) is 12.5. The second-order valence-electron chi connectivity index (χ2n) is 4.86. The van der Waals surface area contributed by atoms with Crippen molar-refractivity contribution in [3.63, 3.8) is 0 Å². The number of amides is 3. The standard InChI is InChI=1S/C16H17N3O3S/c1-11(20)18-19-15(21)13(10-12-6-3-2-4-7-12)17-16(22)14-8-5-9-23-14/h2-9,13H,10H2,1H3,(H,17,22)(H,18,20)(H,19,21). The largest absolute Gasteiger partial charge is 0.339 e. The van der Waals surface area contributed by atoms with E-state index in [2.05, 4.69) is 16.2 Å². The highest BCUT2D eigenvalue weighted by atomic mass is 32.1. The molecule has 1 aromatic carbocycles. The summed E-state index contributed by atoms with van der Waals surface area (Å²) in [5, 5.41) is 4.49. The summed E-state index contributed by atoms with van der Waals surface area (Å²) in [6.07, 6.45) is 0.323. The van der Waals surface area contributed by atoms with Gasteiger partial charge in [-0.2, -0.15) is 0 Å². The fourth-order valence-corrected chi connectivity index (χ4v) is 2.56. The zero-order chi connectivity index (χ0) is 16.7. The minimum absolute atomic E-state index is 0.320. The molecule has 6 nitrogen and oxygen atoms in total. The summed E-state index contributed by atoms with van der Waals surface area (Å²) in [7, 11) is 0. The fraction of sp³-hybridized carbons (Fsp3) is 0.188. The summed E-state index contributed by atoms with van der Waals surface area (Å²) < 4.78 is 0. The van der Waals surface area contributed by atoms with Gasteiger partial charge in [-0.15, -0.1) is 11.3 Å². The highest BCUT2D eigenvalue weighted by Crippen LogP contribution is 2.10. The van der Waals surface area contributed by atoms with Crippen molar-refractivity contribution < 1.29 is 14.4 Å². The number of hydrogen-bond acceptors (Lipinski definition) is 4. The van der Waals surface area contributed by atoms with Gasteiger partial charge in [0.2, 0.25) is 5.91 Å². The average Bonchev–Trinajstić information content (AvgIpc) is 3.07. The predicted molar refractivity (Wildman–Crippen MR) is 87.7 cm³/mol. The molecule has 3 amide bonds. The Morgan fingerprint density at radius 2 is 1.78 bits per heavy atom. The first-order valence-electron chi connectivity index (χ1n) is 7.01. The van der Waals surface area contributed by atoms with Crippen LogP contribution in [0.4, 0.5) is 0 Å². The Morgan fingerprint density at radius 3 is 2.39 bits per heavy atom. The maximum absolute atomic E-state index is 12.2. The predicted octanol–water partition coefficient (Wildman–Crippen LogP) is 1.26. The minimum atomic E-state index is -0.793. The molecule has 7 heteroatoms. The number of thiophene rings is 1. The van der Waals surface area contributed by atoms with E-state index in [0.29, 0.717) is 11.3 Å². The topological polar surface area (TPSA) is 87.3 Å². The van der Waals surface area contributed by atoms with Gasteiger partial charge in [0.05, 0.1) is 4.88 Å². The van der Waals surface area contributed by atoms with E-state index in [9.17, 15) is 14.4 Å². The molecular weight excluding hydrogens is 314 g/mol. The van der Waals surface area contributed by atoms with Gasteiger partial charge in [0.25, 0.3) is 11.8 Å². The third-order valence-corrected chi connectivity index (χ3v) is 3.88. The van der Waals surface area contributed by atoms with E-state index in [0.717, 1.165) is 5.56 Å². The summed E-state index contributed by atoms with van der Waals surface area (Å²) in [6.45, 7) is 1.29. The SMILES string of the molecule is CC(=O)NNC(=O)C(Cc1ccccc1)NC(=O)c1cccs1. The monoisotopic (exact) mass is 331 g/mol. The summed E-state index contributed by atoms with van der Waals surface area (Å²) >= 11 is 1.30. The van der Waals surface area contributed by atoms with Crippen molar-refractivity contribution in [1.82, 2.24) is 16.2 Å². The number of hydrazine groups is 1. The minimum Gasteiger partial charge on any atom is -0.339 e. The Kier molecular flexibility index (Phi) is 5.87. The van der Waals surface area contributed by atoms with E-state index in [-0.39, 0.29) is 11.8 Å². The van der Waals surface area contributed by atoms with E-state index in [1.54, 1.807) is 17.5 Å². The third-order valence-electron chi connectivity index (χ3n) is 3.01. The van der Waals surface area contributed by atoms with Crippen LogP contribution in [0.5, 0.6) is 0 Å². The van der Waals surface area contributed by atoms with Crippen LogP contribution in [-0.4, -0.2) is 23.8 Å². The lowest BCUT2D eigenvalue weighted by molar-refractivity contribution is -0.129. The molecule has 0 bridgehead atoms. The lowest BCUT2D eigenvalue weighted by atomic mass is 10.1. The van der Waals surface area contributed by atoms with Crippen molar-refractivity contribution in [2.24, 2.45) is 0 Å². The van der Waals surface area contributed by atoms with Crippen LogP contribution in [0.1, 0.15) is 22.2 Å². The van der Waals surface area contributed by atoms with Crippen LogP contribution in [0.3, 0.4) is 0 Å². The third kappa shape index (κ3) is 5.23. The van der Waals surface area contributed by atoms with Gasteiger partial charge in [0, 0.05) is 13.3 Å². The van der Waals surface area contributed by atoms with E-state index in [1.165, 1.54) is 18.3 Å². The molecule has 0 aliphatic heterocycles. The van der Waals surface area contributed by atoms with Crippen molar-refractivity contribution in [3.8, 4) is 0 Å². The quantitative estimate of drug-likeness (QED) is 0.721. The molecule has 0 fully saturated rings. The zero-order valence-corrected chi connectivity index (χ0v) is 13.4. The van der Waals surface area contributed by atoms with Crippen LogP contribution in [0, 0.1) is 0 Å². The molecule has 0 radical (unpaired) electrons. The number of carbonyl (C=O) groups is 3. The molecule has 23 heavy (non-hydrogen) atoms. The van der Waals surface area contributed by atoms with Crippen LogP contribution in [0.15, 0.2) is 47.8 Å². The van der Waals surface area contributed by atoms with Gasteiger partial charge in [-0.1, -0.05) is 36.4 Å². The molecule has 3 N–H and O–H groups in total. The van der Waals surface area contributed by atoms with Gasteiger partial charge in [0.15, 0.2) is 0 Å². The highest BCUT2D eigenvalue weighted by molar-refractivity contribution is 7.12. The van der Waals surface area contributed by atoms with Crippen LogP contribution in [-0.2, 0) is 16.0 Å². The van der Waals surface area contributed by atoms with Gasteiger partial charge in [-0.25, -0.2) is 0 Å². The highest BCUT2D eigenvalue weighted by Gasteiger charge is 2.22. The van der Waals surface area contributed by atoms with Crippen molar-refractivity contribution in [1.29, 1.82) is 0 Å². The van der Waals surface area contributed by atoms with Crippen LogP contribution < -0.4 is 16.2 Å². The summed E-state index contributed by atoms with van der Waals surface area (Å²) in [5.74, 6) is -1.19. The van der Waals surface area contributed by atoms with Gasteiger partial charge in [-0.05, 0) is 17.0 Å². The summed E-state index contributed by atoms with van der Waals surface area (Å²) in [6, 6.07) is 12.0. The van der Waals surface area contributed by atoms with Crippen molar-refractivity contribution >= 4 is 29.1 Å². The number of carbonyl (C=O) groups excluding carboxylic acids is 3. The van der Waals surface area contributed by atoms with E-state index >= 15 is 0 Å². The molecule has 0 saturated carbocycles. The molecule has 120 valence electrons. The van der Waals surface area contributed by atoms with Crippen LogP contribution in [0.2, 0.25) is 0 Å². The van der Waals surface area contributed by atoms with Gasteiger partial charge in [-0.3, -0.25) is 25.2 Å². The van der Waals surface area contributed by atoms with Crippen molar-refractivity contribution in [2.45, 2.75) is 19.4 Å². The molecular formula is C16H17N3O3S. The molecule has 0 aliphatic rings. The Balaban J connectivity index is 2.08. The number of hydrogen-bond donors (Lipinski definition) is 3. The lowest BCUT2D eigenvalue weighted by Gasteiger charge is -2.18. The normalized spacial score (nSPS) is 11.3. The number of rotatable bonds is 5. The Hall–Kier alpha value is -2.67. The van der Waals surface area contributed by atoms with Crippen LogP contribution in [0.25, 0.3) is 0 Å². The van der Waals surface area contributed by atoms with E-state index < -0.39 is 11.9 Å². The van der Waals surface area contributed by atoms with Crippen molar-refractivity contribution in [2.75, 3.05) is 0 Å². The molecule has 1 heterocycles. The fourth-order valence-electron chi connectivity index (χ4n) is 1.93. The Labute approximate surface area is 137 Å². The first kappa shape index (κ1) is 16.7. The van der Waals surface area contributed by atoms with Gasteiger partial charge in [0.1, 0.15) is 6.04 Å². The summed E-state index contributed by atoms with van der Waals surface area (Å²) in [5.41, 5.74) is 5.44. The van der Waals surface area contributed by atoms with Gasteiger partial charge < -0.3 is 5.32 Å².